The summed E-state index contributed by atoms with van der Waals surface area (Å²) in [6.07, 6.45) is 2.03. The fraction of sp³-hybridized carbons (Fsp3) is 0.438. The van der Waals surface area contributed by atoms with Crippen LogP contribution < -0.4 is 5.32 Å². The predicted octanol–water partition coefficient (Wildman–Crippen LogP) is 5.30. The highest BCUT2D eigenvalue weighted by Gasteiger charge is 2.17. The lowest BCUT2D eigenvalue weighted by molar-refractivity contribution is 0.526. The lowest BCUT2D eigenvalue weighted by Gasteiger charge is -2.19. The van der Waals surface area contributed by atoms with Crippen molar-refractivity contribution in [2.24, 2.45) is 0 Å². The molecule has 2 nitrogen and oxygen atoms in total. The first-order valence-corrected chi connectivity index (χ1v) is 9.39. The number of benzene rings is 1. The average Bonchev–Trinajstić information content (AvgIpc) is 2.76. The molecule has 1 unspecified atom stereocenters. The van der Waals surface area contributed by atoms with Crippen LogP contribution in [-0.4, -0.2) is 11.5 Å². The van der Waals surface area contributed by atoms with Crippen molar-refractivity contribution >= 4 is 45.5 Å². The van der Waals surface area contributed by atoms with Crippen LogP contribution in [0.5, 0.6) is 0 Å². The van der Waals surface area contributed by atoms with Crippen LogP contribution in [0.4, 0.5) is 0 Å². The number of rotatable bonds is 6. The Balaban J connectivity index is 2.27. The van der Waals surface area contributed by atoms with Gasteiger partial charge in [0.2, 0.25) is 0 Å². The third-order valence-electron chi connectivity index (χ3n) is 3.43. The Kier molecular flexibility index (Phi) is 6.47. The molecule has 5 heteroatoms. The Morgan fingerprint density at radius 3 is 2.76 bits per heavy atom. The van der Waals surface area contributed by atoms with Gasteiger partial charge in [-0.3, -0.25) is 0 Å². The van der Waals surface area contributed by atoms with E-state index in [-0.39, 0.29) is 6.04 Å². The van der Waals surface area contributed by atoms with Gasteiger partial charge in [0.25, 0.3) is 0 Å². The molecular weight excluding hydrogens is 415 g/mol. The molecule has 0 aliphatic carbocycles. The number of hydrogen-bond acceptors (Lipinski definition) is 3. The maximum absolute atomic E-state index is 6.18. The number of aryl methyl sites for hydroxylation is 2. The molecule has 0 saturated heterocycles. The second kappa shape index (κ2) is 7.90. The summed E-state index contributed by atoms with van der Waals surface area (Å²) in [4.78, 5) is 5.98. The van der Waals surface area contributed by atoms with Crippen LogP contribution in [-0.2, 0) is 6.42 Å². The first kappa shape index (κ1) is 17.2. The third kappa shape index (κ3) is 4.65. The molecule has 0 amide bonds. The summed E-state index contributed by atoms with van der Waals surface area (Å²) in [6, 6.07) is 6.36. The normalized spacial score (nSPS) is 12.6. The van der Waals surface area contributed by atoms with E-state index < -0.39 is 0 Å². The van der Waals surface area contributed by atoms with E-state index in [0.717, 1.165) is 30.1 Å². The lowest BCUT2D eigenvalue weighted by Crippen LogP contribution is -2.25. The van der Waals surface area contributed by atoms with Crippen LogP contribution in [0.2, 0.25) is 5.02 Å². The summed E-state index contributed by atoms with van der Waals surface area (Å²) in [5.41, 5.74) is 2.41. The van der Waals surface area contributed by atoms with Gasteiger partial charge in [-0.2, -0.15) is 0 Å². The lowest BCUT2D eigenvalue weighted by atomic mass is 10.0. The van der Waals surface area contributed by atoms with Gasteiger partial charge in [0.1, 0.15) is 0 Å². The Morgan fingerprint density at radius 1 is 1.38 bits per heavy atom. The standard InChI is InChI=1S/C16H20ClIN2S/c1-4-7-19-15(9-16-20-10(2)11(3)21-16)13-8-12(17)5-6-14(13)18/h5-6,8,15,19H,4,7,9H2,1-3H3. The first-order valence-electron chi connectivity index (χ1n) is 7.12. The third-order valence-corrected chi connectivity index (χ3v) is 5.74. The highest BCUT2D eigenvalue weighted by atomic mass is 127. The van der Waals surface area contributed by atoms with Crippen molar-refractivity contribution in [3.8, 4) is 0 Å². The molecule has 1 aromatic carbocycles. The van der Waals surface area contributed by atoms with Gasteiger partial charge in [0.15, 0.2) is 0 Å². The van der Waals surface area contributed by atoms with Gasteiger partial charge in [-0.15, -0.1) is 11.3 Å². The van der Waals surface area contributed by atoms with E-state index in [9.17, 15) is 0 Å². The van der Waals surface area contributed by atoms with E-state index in [0.29, 0.717) is 0 Å². The summed E-state index contributed by atoms with van der Waals surface area (Å²) in [6.45, 7) is 7.39. The predicted molar refractivity (Wildman–Crippen MR) is 100 cm³/mol. The highest BCUT2D eigenvalue weighted by Crippen LogP contribution is 2.28. The van der Waals surface area contributed by atoms with Gasteiger partial charge in [-0.05, 0) is 73.2 Å². The molecule has 1 heterocycles. The number of aromatic nitrogens is 1. The van der Waals surface area contributed by atoms with Crippen LogP contribution in [0.15, 0.2) is 18.2 Å². The molecule has 2 aromatic rings. The molecular formula is C16H20ClIN2S. The molecule has 0 aliphatic rings. The Bertz CT molecular complexity index is 593. The van der Waals surface area contributed by atoms with Crippen molar-refractivity contribution in [1.82, 2.24) is 10.3 Å². The number of halogens is 2. The van der Waals surface area contributed by atoms with E-state index in [2.05, 4.69) is 65.8 Å². The van der Waals surface area contributed by atoms with Gasteiger partial charge in [0, 0.05) is 25.9 Å². The van der Waals surface area contributed by atoms with Crippen molar-refractivity contribution in [2.75, 3.05) is 6.54 Å². The largest absolute Gasteiger partial charge is 0.310 e. The summed E-state index contributed by atoms with van der Waals surface area (Å²) in [7, 11) is 0. The minimum Gasteiger partial charge on any atom is -0.310 e. The van der Waals surface area contributed by atoms with Crippen LogP contribution in [0.1, 0.15) is 40.5 Å². The first-order chi connectivity index (χ1) is 10.0. The van der Waals surface area contributed by atoms with E-state index in [4.69, 9.17) is 11.6 Å². The zero-order valence-corrected chi connectivity index (χ0v) is 16.3. The van der Waals surface area contributed by atoms with Gasteiger partial charge in [-0.25, -0.2) is 4.98 Å². The molecule has 0 bridgehead atoms. The number of nitrogens with one attached hydrogen (secondary N) is 1. The minimum atomic E-state index is 0.264. The van der Waals surface area contributed by atoms with Crippen molar-refractivity contribution < 1.29 is 0 Å². The Morgan fingerprint density at radius 2 is 2.14 bits per heavy atom. The number of thiazole rings is 1. The van der Waals surface area contributed by atoms with Crippen LogP contribution >= 0.6 is 45.5 Å². The van der Waals surface area contributed by atoms with Gasteiger partial charge >= 0.3 is 0 Å². The van der Waals surface area contributed by atoms with Gasteiger partial charge in [0.05, 0.1) is 10.7 Å². The van der Waals surface area contributed by atoms with E-state index in [1.165, 1.54) is 19.0 Å². The highest BCUT2D eigenvalue weighted by molar-refractivity contribution is 14.1. The molecule has 1 aromatic heterocycles. The molecule has 0 aliphatic heterocycles. The Labute approximate surface area is 149 Å². The summed E-state index contributed by atoms with van der Waals surface area (Å²) in [5.74, 6) is 0. The fourth-order valence-electron chi connectivity index (χ4n) is 2.19. The van der Waals surface area contributed by atoms with E-state index in [1.54, 1.807) is 11.3 Å². The summed E-state index contributed by atoms with van der Waals surface area (Å²) in [5, 5.41) is 5.62. The van der Waals surface area contributed by atoms with E-state index >= 15 is 0 Å². The molecule has 1 atom stereocenters. The number of nitrogens with zero attached hydrogens (tertiary/aromatic N) is 1. The average molecular weight is 435 g/mol. The molecule has 0 radical (unpaired) electrons. The maximum atomic E-state index is 6.18. The fourth-order valence-corrected chi connectivity index (χ4v) is 4.06. The van der Waals surface area contributed by atoms with Crippen molar-refractivity contribution in [1.29, 1.82) is 0 Å². The topological polar surface area (TPSA) is 24.9 Å². The molecule has 21 heavy (non-hydrogen) atoms. The van der Waals surface area contributed by atoms with Crippen LogP contribution in [0.25, 0.3) is 0 Å². The molecule has 0 fully saturated rings. The minimum absolute atomic E-state index is 0.264. The van der Waals surface area contributed by atoms with Crippen molar-refractivity contribution in [3.05, 3.63) is 47.9 Å². The molecule has 2 rings (SSSR count). The van der Waals surface area contributed by atoms with Crippen LogP contribution in [0, 0.1) is 17.4 Å². The van der Waals surface area contributed by atoms with Gasteiger partial charge in [-0.1, -0.05) is 18.5 Å². The van der Waals surface area contributed by atoms with E-state index in [1.807, 2.05) is 6.07 Å². The smallest absolute Gasteiger partial charge is 0.0949 e. The van der Waals surface area contributed by atoms with Crippen molar-refractivity contribution in [3.63, 3.8) is 0 Å². The second-order valence-corrected chi connectivity index (χ2v) is 8.01. The molecule has 114 valence electrons. The van der Waals surface area contributed by atoms with Crippen molar-refractivity contribution in [2.45, 2.75) is 39.7 Å². The Hall–Kier alpha value is -0.170. The second-order valence-electron chi connectivity index (χ2n) is 5.13. The molecule has 0 saturated carbocycles. The summed E-state index contributed by atoms with van der Waals surface area (Å²) < 4.78 is 1.25. The maximum Gasteiger partial charge on any atom is 0.0949 e. The molecule has 0 spiro atoms. The quantitative estimate of drug-likeness (QED) is 0.624. The molecule has 1 N–H and O–H groups in total. The monoisotopic (exact) mass is 434 g/mol. The SMILES string of the molecule is CCCNC(Cc1nc(C)c(C)s1)c1cc(Cl)ccc1I. The zero-order chi connectivity index (χ0) is 15.4. The van der Waals surface area contributed by atoms with Crippen LogP contribution in [0.3, 0.4) is 0 Å². The summed E-state index contributed by atoms with van der Waals surface area (Å²) >= 11 is 10.4. The number of hydrogen-bond donors (Lipinski definition) is 1. The van der Waals surface area contributed by atoms with Gasteiger partial charge < -0.3 is 5.32 Å². The zero-order valence-electron chi connectivity index (χ0n) is 12.5.